The van der Waals surface area contributed by atoms with Crippen LogP contribution in [0.3, 0.4) is 0 Å². The van der Waals surface area contributed by atoms with Crippen LogP contribution in [0.25, 0.3) is 6.08 Å². The summed E-state index contributed by atoms with van der Waals surface area (Å²) in [6.45, 7) is 19.4. The van der Waals surface area contributed by atoms with Crippen molar-refractivity contribution >= 4 is 23.9 Å². The van der Waals surface area contributed by atoms with E-state index in [9.17, 15) is 14.4 Å². The molecule has 0 bridgehead atoms. The summed E-state index contributed by atoms with van der Waals surface area (Å²) in [5, 5.41) is 5.79. The fraction of sp³-hybridized carbons (Fsp3) is 0.447. The van der Waals surface area contributed by atoms with E-state index in [1.165, 1.54) is 4.90 Å². The van der Waals surface area contributed by atoms with Crippen molar-refractivity contribution < 1.29 is 19.1 Å². The fourth-order valence-corrected chi connectivity index (χ4v) is 4.38. The molecule has 0 aromatic heterocycles. The van der Waals surface area contributed by atoms with Crippen LogP contribution in [-0.4, -0.2) is 61.0 Å². The number of nitrogens with two attached hydrogens (primary N) is 1. The van der Waals surface area contributed by atoms with Gasteiger partial charge in [0.25, 0.3) is 0 Å². The van der Waals surface area contributed by atoms with Crippen molar-refractivity contribution in [1.82, 2.24) is 15.5 Å². The molecule has 1 aliphatic rings. The Labute approximate surface area is 277 Å². The Hall–Kier alpha value is -4.17. The summed E-state index contributed by atoms with van der Waals surface area (Å²) in [6.07, 6.45) is 16.2. The van der Waals surface area contributed by atoms with Gasteiger partial charge < -0.3 is 20.7 Å². The molecule has 1 aliphatic carbocycles. The molecule has 1 aromatic carbocycles. The minimum Gasteiger partial charge on any atom is -0.459 e. The smallest absolute Gasteiger partial charge is 0.326 e. The molecule has 0 spiro atoms. The Balaban J connectivity index is 0.00000249. The predicted molar refractivity (Wildman–Crippen MR) is 191 cm³/mol. The fourth-order valence-electron chi connectivity index (χ4n) is 4.38. The third-order valence-electron chi connectivity index (χ3n) is 6.48. The number of ether oxygens (including phenoxy) is 1. The molecule has 2 rings (SSSR count). The molecule has 8 nitrogen and oxygen atoms in total. The van der Waals surface area contributed by atoms with E-state index in [0.29, 0.717) is 18.5 Å². The van der Waals surface area contributed by atoms with Gasteiger partial charge in [-0.25, -0.2) is 0 Å². The van der Waals surface area contributed by atoms with Gasteiger partial charge in [0, 0.05) is 25.7 Å². The number of carbonyl (C=O) groups excluding carboxylic acids is 3. The zero-order valence-corrected chi connectivity index (χ0v) is 29.4. The number of nitrogens with zero attached hydrogens (tertiary/aromatic N) is 1. The maximum absolute atomic E-state index is 13.5. The van der Waals surface area contributed by atoms with Crippen molar-refractivity contribution in [3.8, 4) is 0 Å². The average Bonchev–Trinajstić information content (AvgIpc) is 3.14. The lowest BCUT2D eigenvalue weighted by Crippen LogP contribution is -2.50. The highest BCUT2D eigenvalue weighted by Gasteiger charge is 2.25. The first kappa shape index (κ1) is 39.9. The van der Waals surface area contributed by atoms with Crippen LogP contribution in [0.1, 0.15) is 71.6 Å². The van der Waals surface area contributed by atoms with Gasteiger partial charge in [0.15, 0.2) is 0 Å². The molecule has 46 heavy (non-hydrogen) atoms. The molecule has 0 saturated carbocycles. The van der Waals surface area contributed by atoms with E-state index in [1.807, 2.05) is 74.6 Å². The molecule has 0 heterocycles. The lowest BCUT2D eigenvalue weighted by atomic mass is 9.99. The first-order chi connectivity index (χ1) is 21.6. The highest BCUT2D eigenvalue weighted by molar-refractivity contribution is 5.86. The van der Waals surface area contributed by atoms with Crippen molar-refractivity contribution in [3.63, 3.8) is 0 Å². The van der Waals surface area contributed by atoms with Crippen molar-refractivity contribution in [1.29, 1.82) is 0 Å². The molecule has 1 aromatic rings. The maximum atomic E-state index is 13.5. The lowest BCUT2D eigenvalue weighted by Gasteiger charge is -2.26. The molecular formula is C38H56N4O4. The van der Waals surface area contributed by atoms with E-state index in [1.54, 1.807) is 33.9 Å². The third-order valence-corrected chi connectivity index (χ3v) is 6.48. The Bertz CT molecular complexity index is 1340. The molecule has 0 aliphatic heterocycles. The van der Waals surface area contributed by atoms with E-state index in [4.69, 9.17) is 10.5 Å². The molecule has 2 amide bonds. The minimum atomic E-state index is -0.695. The van der Waals surface area contributed by atoms with Crippen LogP contribution in [0.15, 0.2) is 84.2 Å². The maximum Gasteiger partial charge on any atom is 0.326 e. The Morgan fingerprint density at radius 3 is 2.39 bits per heavy atom. The zero-order chi connectivity index (χ0) is 34.9. The molecule has 4 N–H and O–H groups in total. The number of hydrogen-bond donors (Lipinski definition) is 3. The Morgan fingerprint density at radius 1 is 1.15 bits per heavy atom. The quantitative estimate of drug-likeness (QED) is 0.183. The second-order valence-corrected chi connectivity index (χ2v) is 12.9. The monoisotopic (exact) mass is 632 g/mol. The lowest BCUT2D eigenvalue weighted by molar-refractivity contribution is -0.158. The number of aryl methyl sites for hydroxylation is 1. The van der Waals surface area contributed by atoms with Crippen LogP contribution in [0.5, 0.6) is 0 Å². The number of allylic oxidation sites excluding steroid dienone is 7. The first-order valence-corrected chi connectivity index (χ1v) is 15.9. The minimum absolute atomic E-state index is 0.146. The summed E-state index contributed by atoms with van der Waals surface area (Å²) in [7, 11) is 1.56. The number of likely N-dealkylation sites (N-methyl/N-ethyl adjacent to an activating group) is 1. The van der Waals surface area contributed by atoms with Crippen LogP contribution >= 0.6 is 0 Å². The highest BCUT2D eigenvalue weighted by Crippen LogP contribution is 2.18. The number of rotatable bonds is 13. The van der Waals surface area contributed by atoms with E-state index < -0.39 is 17.6 Å². The van der Waals surface area contributed by atoms with Gasteiger partial charge in [-0.2, -0.15) is 0 Å². The van der Waals surface area contributed by atoms with Crippen molar-refractivity contribution in [3.05, 3.63) is 101 Å². The van der Waals surface area contributed by atoms with Crippen LogP contribution in [-0.2, 0) is 25.5 Å². The molecule has 0 radical (unpaired) electrons. The second kappa shape index (κ2) is 20.1. The third kappa shape index (κ3) is 15.7. The molecule has 0 fully saturated rings. The number of hydrogen-bond acceptors (Lipinski definition) is 6. The summed E-state index contributed by atoms with van der Waals surface area (Å²) in [6, 6.07) is 5.40. The van der Waals surface area contributed by atoms with Crippen molar-refractivity contribution in [2.45, 2.75) is 79.9 Å². The van der Waals surface area contributed by atoms with Gasteiger partial charge in [-0.15, -0.1) is 0 Å². The van der Waals surface area contributed by atoms with Gasteiger partial charge in [-0.3, -0.25) is 19.7 Å². The largest absolute Gasteiger partial charge is 0.459 e. The van der Waals surface area contributed by atoms with E-state index >= 15 is 0 Å². The van der Waals surface area contributed by atoms with Crippen molar-refractivity contribution in [2.75, 3.05) is 26.7 Å². The molecular weight excluding hydrogens is 576 g/mol. The van der Waals surface area contributed by atoms with E-state index in [2.05, 4.69) is 38.0 Å². The van der Waals surface area contributed by atoms with Crippen LogP contribution in [0, 0.1) is 12.8 Å². The van der Waals surface area contributed by atoms with Gasteiger partial charge in [0.2, 0.25) is 11.8 Å². The molecule has 252 valence electrons. The molecule has 8 heteroatoms. The normalized spacial score (nSPS) is 14.0. The Kier molecular flexibility index (Phi) is 17.4. The Morgan fingerprint density at radius 2 is 1.83 bits per heavy atom. The summed E-state index contributed by atoms with van der Waals surface area (Å²) in [4.78, 5) is 40.5. The predicted octanol–water partition coefficient (Wildman–Crippen LogP) is 5.95. The van der Waals surface area contributed by atoms with Gasteiger partial charge in [-0.05, 0) is 80.9 Å². The number of esters is 1. The summed E-state index contributed by atoms with van der Waals surface area (Å²) < 4.78 is 5.49. The summed E-state index contributed by atoms with van der Waals surface area (Å²) in [5.74, 6) is -0.261. The SMILES string of the molecule is C=CC1=C(N)CC=CC(CN(CC(=O)OC(C)(C)C)C(=O)CNC(Cc2ccc(/C=C\C=C/C)c(C)c2)C(=O)NC)=C1.CC(C)C. The van der Waals surface area contributed by atoms with Gasteiger partial charge in [-0.1, -0.05) is 88.1 Å². The first-order valence-electron chi connectivity index (χ1n) is 15.9. The standard InChI is InChI=1S/C34H46N4O4.C4H10/c1-8-10-11-14-28-17-16-25(18-24(28)3)20-30(33(41)36-7)37-21-31(39)38(23-32(40)42-34(4,5)6)22-26-13-12-15-29(35)27(9-2)19-26;1-4(2)3/h8-14,16-19,30,37H,2,15,20-23,35H2,1,3-7H3,(H,36,41);4H,1-3H3/b10-8-,14-11-;. The zero-order valence-electron chi connectivity index (χ0n) is 29.4. The second-order valence-electron chi connectivity index (χ2n) is 12.9. The highest BCUT2D eigenvalue weighted by atomic mass is 16.6. The van der Waals surface area contributed by atoms with Crippen LogP contribution in [0.4, 0.5) is 0 Å². The molecule has 1 atom stereocenters. The molecule has 0 saturated heterocycles. The summed E-state index contributed by atoms with van der Waals surface area (Å²) >= 11 is 0. The average molecular weight is 633 g/mol. The van der Waals surface area contributed by atoms with Gasteiger partial charge >= 0.3 is 5.97 Å². The number of carbonyl (C=O) groups is 3. The summed E-state index contributed by atoms with van der Waals surface area (Å²) in [5.41, 5.74) is 10.8. The topological polar surface area (TPSA) is 114 Å². The van der Waals surface area contributed by atoms with Gasteiger partial charge in [0.05, 0.1) is 12.6 Å². The van der Waals surface area contributed by atoms with E-state index in [0.717, 1.165) is 33.8 Å². The number of amides is 2. The van der Waals surface area contributed by atoms with Crippen LogP contribution in [0.2, 0.25) is 0 Å². The van der Waals surface area contributed by atoms with Crippen molar-refractivity contribution in [2.24, 2.45) is 11.7 Å². The molecule has 1 unspecified atom stereocenters. The number of benzene rings is 1. The van der Waals surface area contributed by atoms with E-state index in [-0.39, 0.29) is 31.4 Å². The number of nitrogens with one attached hydrogen (secondary N) is 2. The van der Waals surface area contributed by atoms with Crippen LogP contribution < -0.4 is 16.4 Å². The van der Waals surface area contributed by atoms with Gasteiger partial charge in [0.1, 0.15) is 12.1 Å².